The molecule has 0 spiro atoms. The minimum absolute atomic E-state index is 0.0714. The molecule has 1 atom stereocenters. The van der Waals surface area contributed by atoms with Gasteiger partial charge in [0.05, 0.1) is 12.6 Å². The number of hydrogen-bond donors (Lipinski definition) is 2. The zero-order valence-electron chi connectivity index (χ0n) is 13.6. The number of likely N-dealkylation sites (tertiary alicyclic amines) is 1. The number of aliphatic imine (C=N–C) groups is 1. The van der Waals surface area contributed by atoms with Crippen LogP contribution >= 0.6 is 0 Å². The number of aryl methyl sites for hydroxylation is 1. The first-order valence-corrected chi connectivity index (χ1v) is 7.74. The van der Waals surface area contributed by atoms with Crippen molar-refractivity contribution in [3.8, 4) is 0 Å². The molecule has 0 saturated carbocycles. The monoisotopic (exact) mass is 292 g/mol. The van der Waals surface area contributed by atoms with Gasteiger partial charge < -0.3 is 15.5 Å². The van der Waals surface area contributed by atoms with E-state index in [1.54, 1.807) is 0 Å². The molecule has 1 saturated heterocycles. The number of nitrogens with two attached hydrogens (primary N) is 1. The van der Waals surface area contributed by atoms with Crippen molar-refractivity contribution in [2.75, 3.05) is 19.6 Å². The third-order valence-corrected chi connectivity index (χ3v) is 3.61. The first kappa shape index (κ1) is 15.9. The molecule has 2 rings (SSSR count). The lowest BCUT2D eigenvalue weighted by Gasteiger charge is -2.25. The van der Waals surface area contributed by atoms with Crippen LogP contribution in [-0.2, 0) is 0 Å². The molecule has 2 heterocycles. The third-order valence-electron chi connectivity index (χ3n) is 3.61. The highest BCUT2D eigenvalue weighted by Gasteiger charge is 2.25. The lowest BCUT2D eigenvalue weighted by molar-refractivity contribution is 0.219. The molecular formula is C16H28N4O. The molecule has 3 N–H and O–H groups in total. The van der Waals surface area contributed by atoms with E-state index >= 15 is 0 Å². The molecule has 1 aromatic rings. The minimum atomic E-state index is -0.0714. The van der Waals surface area contributed by atoms with E-state index in [0.29, 0.717) is 12.5 Å². The van der Waals surface area contributed by atoms with Crippen molar-refractivity contribution >= 4 is 5.96 Å². The average molecular weight is 292 g/mol. The van der Waals surface area contributed by atoms with Gasteiger partial charge in [0, 0.05) is 5.54 Å². The number of nitrogens with one attached hydrogen (secondary N) is 1. The van der Waals surface area contributed by atoms with Crippen LogP contribution in [0, 0.1) is 6.92 Å². The molecule has 1 aliphatic heterocycles. The number of guanidine groups is 1. The lowest BCUT2D eigenvalue weighted by Crippen LogP contribution is -2.45. The summed E-state index contributed by atoms with van der Waals surface area (Å²) in [6.07, 6.45) is 2.49. The van der Waals surface area contributed by atoms with Crippen LogP contribution in [0.25, 0.3) is 0 Å². The summed E-state index contributed by atoms with van der Waals surface area (Å²) in [6, 6.07) is 4.25. The van der Waals surface area contributed by atoms with E-state index in [2.05, 4.69) is 42.0 Å². The Kier molecular flexibility index (Phi) is 4.93. The summed E-state index contributed by atoms with van der Waals surface area (Å²) in [5, 5.41) is 3.20. The Morgan fingerprint density at radius 1 is 1.38 bits per heavy atom. The standard InChI is InChI=1S/C16H28N4O/c1-12-7-8-14(21-12)13(20-9-5-6-10-20)11-18-15(17)19-16(2,3)4/h7-8,13H,5-6,9-11H2,1-4H3,(H3,17,18,19). The van der Waals surface area contributed by atoms with Gasteiger partial charge >= 0.3 is 0 Å². The lowest BCUT2D eigenvalue weighted by atomic mass is 10.1. The predicted octanol–water partition coefficient (Wildman–Crippen LogP) is 2.43. The summed E-state index contributed by atoms with van der Waals surface area (Å²) in [5.41, 5.74) is 5.91. The van der Waals surface area contributed by atoms with Crippen LogP contribution in [0.5, 0.6) is 0 Å². The second-order valence-electron chi connectivity index (χ2n) is 6.81. The Bertz CT molecular complexity index is 481. The number of nitrogens with zero attached hydrogens (tertiary/aromatic N) is 2. The Balaban J connectivity index is 2.07. The van der Waals surface area contributed by atoms with Crippen molar-refractivity contribution in [3.05, 3.63) is 23.7 Å². The first-order valence-electron chi connectivity index (χ1n) is 7.74. The summed E-state index contributed by atoms with van der Waals surface area (Å²) >= 11 is 0. The van der Waals surface area contributed by atoms with E-state index < -0.39 is 0 Å². The third kappa shape index (κ3) is 4.77. The van der Waals surface area contributed by atoms with E-state index in [4.69, 9.17) is 10.2 Å². The normalized spacial score (nSPS) is 19.0. The first-order chi connectivity index (χ1) is 9.85. The molecule has 1 fully saturated rings. The van der Waals surface area contributed by atoms with Crippen molar-refractivity contribution in [2.24, 2.45) is 10.7 Å². The average Bonchev–Trinajstić information content (AvgIpc) is 2.99. The van der Waals surface area contributed by atoms with Crippen molar-refractivity contribution in [1.29, 1.82) is 0 Å². The summed E-state index contributed by atoms with van der Waals surface area (Å²) in [5.74, 6) is 2.43. The Morgan fingerprint density at radius 3 is 2.57 bits per heavy atom. The quantitative estimate of drug-likeness (QED) is 0.660. The fraction of sp³-hybridized carbons (Fsp3) is 0.688. The van der Waals surface area contributed by atoms with Gasteiger partial charge in [0.25, 0.3) is 0 Å². The molecule has 5 heteroatoms. The molecule has 1 unspecified atom stereocenters. The maximum atomic E-state index is 5.98. The predicted molar refractivity (Wildman–Crippen MR) is 86.4 cm³/mol. The van der Waals surface area contributed by atoms with E-state index in [-0.39, 0.29) is 11.6 Å². The van der Waals surface area contributed by atoms with Gasteiger partial charge in [-0.3, -0.25) is 9.89 Å². The molecule has 0 aliphatic carbocycles. The molecule has 1 aromatic heterocycles. The highest BCUT2D eigenvalue weighted by atomic mass is 16.3. The topological polar surface area (TPSA) is 66.8 Å². The van der Waals surface area contributed by atoms with Crippen LogP contribution in [0.15, 0.2) is 21.5 Å². The summed E-state index contributed by atoms with van der Waals surface area (Å²) in [6.45, 7) is 11.0. The summed E-state index contributed by atoms with van der Waals surface area (Å²) < 4.78 is 5.82. The van der Waals surface area contributed by atoms with E-state index in [1.807, 2.05) is 13.0 Å². The second-order valence-corrected chi connectivity index (χ2v) is 6.81. The van der Waals surface area contributed by atoms with E-state index in [1.165, 1.54) is 12.8 Å². The highest BCUT2D eigenvalue weighted by Crippen LogP contribution is 2.26. The molecule has 21 heavy (non-hydrogen) atoms. The Hall–Kier alpha value is -1.49. The molecule has 0 radical (unpaired) electrons. The van der Waals surface area contributed by atoms with Gasteiger partial charge in [-0.25, -0.2) is 0 Å². The van der Waals surface area contributed by atoms with Gasteiger partial charge in [0.2, 0.25) is 0 Å². The van der Waals surface area contributed by atoms with E-state index in [9.17, 15) is 0 Å². The molecule has 0 aromatic carbocycles. The van der Waals surface area contributed by atoms with Crippen LogP contribution in [-0.4, -0.2) is 36.0 Å². The number of furan rings is 1. The van der Waals surface area contributed by atoms with Gasteiger partial charge in [-0.1, -0.05) is 0 Å². The Labute approximate surface area is 127 Å². The van der Waals surface area contributed by atoms with Gasteiger partial charge in [0.1, 0.15) is 11.5 Å². The minimum Gasteiger partial charge on any atom is -0.465 e. The van der Waals surface area contributed by atoms with Gasteiger partial charge in [-0.05, 0) is 65.8 Å². The second kappa shape index (κ2) is 6.52. The number of hydrogen-bond acceptors (Lipinski definition) is 3. The molecule has 118 valence electrons. The molecule has 1 aliphatic rings. The van der Waals surface area contributed by atoms with Crippen molar-refractivity contribution in [3.63, 3.8) is 0 Å². The van der Waals surface area contributed by atoms with Gasteiger partial charge in [-0.15, -0.1) is 0 Å². The maximum absolute atomic E-state index is 5.98. The Morgan fingerprint density at radius 2 is 2.05 bits per heavy atom. The largest absolute Gasteiger partial charge is 0.465 e. The zero-order valence-corrected chi connectivity index (χ0v) is 13.6. The van der Waals surface area contributed by atoms with Crippen molar-refractivity contribution in [2.45, 2.75) is 52.1 Å². The summed E-state index contributed by atoms with van der Waals surface area (Å²) in [7, 11) is 0. The van der Waals surface area contributed by atoms with Crippen LogP contribution in [0.4, 0.5) is 0 Å². The molecule has 5 nitrogen and oxygen atoms in total. The van der Waals surface area contributed by atoms with Crippen LogP contribution in [0.2, 0.25) is 0 Å². The van der Waals surface area contributed by atoms with Gasteiger partial charge in [0.15, 0.2) is 5.96 Å². The van der Waals surface area contributed by atoms with Crippen molar-refractivity contribution in [1.82, 2.24) is 10.2 Å². The van der Waals surface area contributed by atoms with Crippen LogP contribution in [0.3, 0.4) is 0 Å². The van der Waals surface area contributed by atoms with E-state index in [0.717, 1.165) is 24.6 Å². The van der Waals surface area contributed by atoms with Gasteiger partial charge in [-0.2, -0.15) is 0 Å². The summed E-state index contributed by atoms with van der Waals surface area (Å²) in [4.78, 5) is 6.96. The molecular weight excluding hydrogens is 264 g/mol. The fourth-order valence-corrected chi connectivity index (χ4v) is 2.68. The zero-order chi connectivity index (χ0) is 15.5. The van der Waals surface area contributed by atoms with Crippen LogP contribution in [0.1, 0.15) is 51.2 Å². The number of rotatable bonds is 4. The van der Waals surface area contributed by atoms with Crippen molar-refractivity contribution < 1.29 is 4.42 Å². The SMILES string of the molecule is Cc1ccc(C(CN=C(N)NC(C)(C)C)N2CCCC2)o1. The maximum Gasteiger partial charge on any atom is 0.189 e. The smallest absolute Gasteiger partial charge is 0.189 e. The van der Waals surface area contributed by atoms with Crippen LogP contribution < -0.4 is 11.1 Å². The molecule has 0 amide bonds. The highest BCUT2D eigenvalue weighted by molar-refractivity contribution is 5.78. The fourth-order valence-electron chi connectivity index (χ4n) is 2.68. The molecule has 0 bridgehead atoms.